The molecule has 0 saturated carbocycles. The molecule has 0 aromatic rings. The van der Waals surface area contributed by atoms with Crippen molar-refractivity contribution in [2.45, 2.75) is 45.6 Å². The fourth-order valence-electron chi connectivity index (χ4n) is 2.63. The second-order valence-corrected chi connectivity index (χ2v) is 4.99. The molecule has 4 heteroatoms. The molecule has 0 aromatic carbocycles. The molecule has 1 fully saturated rings. The smallest absolute Gasteiger partial charge is 0.323 e. The molecule has 0 bridgehead atoms. The lowest BCUT2D eigenvalue weighted by atomic mass is 9.95. The molecular formula is C14H27NO3. The molecule has 1 unspecified atom stereocenters. The van der Waals surface area contributed by atoms with Crippen molar-refractivity contribution in [3.05, 3.63) is 0 Å². The van der Waals surface area contributed by atoms with E-state index in [1.54, 1.807) is 7.11 Å². The number of carbonyl (C=O) groups is 1. The van der Waals surface area contributed by atoms with Crippen LogP contribution in [-0.2, 0) is 14.3 Å². The van der Waals surface area contributed by atoms with Crippen molar-refractivity contribution in [2.75, 3.05) is 33.4 Å². The van der Waals surface area contributed by atoms with Gasteiger partial charge in [0, 0.05) is 13.7 Å². The van der Waals surface area contributed by atoms with Crippen LogP contribution >= 0.6 is 0 Å². The summed E-state index contributed by atoms with van der Waals surface area (Å²) in [6.45, 7) is 7.26. The Balaban J connectivity index is 2.47. The maximum atomic E-state index is 12.0. The molecule has 0 N–H and O–H groups in total. The average Bonchev–Trinajstić information content (AvgIpc) is 2.38. The number of nitrogens with zero attached hydrogens (tertiary/aromatic N) is 1. The molecule has 0 spiro atoms. The molecule has 1 aliphatic heterocycles. The van der Waals surface area contributed by atoms with Crippen molar-refractivity contribution in [1.29, 1.82) is 0 Å². The summed E-state index contributed by atoms with van der Waals surface area (Å²) in [5, 5.41) is 0. The fourth-order valence-corrected chi connectivity index (χ4v) is 2.63. The van der Waals surface area contributed by atoms with Crippen molar-refractivity contribution >= 4 is 5.97 Å². The molecule has 106 valence electrons. The highest BCUT2D eigenvalue weighted by Crippen LogP contribution is 2.21. The highest BCUT2D eigenvalue weighted by molar-refractivity contribution is 5.75. The van der Waals surface area contributed by atoms with Crippen molar-refractivity contribution in [2.24, 2.45) is 5.92 Å². The standard InChI is InChI=1S/C14H27NO3/c1-4-6-13(14(16)18-5-2)15-9-7-12(8-10-15)11-17-3/h12-13H,4-11H2,1-3H3. The van der Waals surface area contributed by atoms with E-state index in [2.05, 4.69) is 11.8 Å². The lowest BCUT2D eigenvalue weighted by molar-refractivity contribution is -0.150. The topological polar surface area (TPSA) is 38.8 Å². The summed E-state index contributed by atoms with van der Waals surface area (Å²) in [5.41, 5.74) is 0. The molecule has 1 heterocycles. The highest BCUT2D eigenvalue weighted by Gasteiger charge is 2.29. The largest absolute Gasteiger partial charge is 0.465 e. The Kier molecular flexibility index (Phi) is 7.28. The van der Waals surface area contributed by atoms with Crippen molar-refractivity contribution in [3.63, 3.8) is 0 Å². The molecule has 0 amide bonds. The van der Waals surface area contributed by atoms with Crippen molar-refractivity contribution < 1.29 is 14.3 Å². The highest BCUT2D eigenvalue weighted by atomic mass is 16.5. The van der Waals surface area contributed by atoms with Crippen LogP contribution in [0.3, 0.4) is 0 Å². The number of likely N-dealkylation sites (tertiary alicyclic amines) is 1. The summed E-state index contributed by atoms with van der Waals surface area (Å²) in [6, 6.07) is -0.0431. The molecule has 0 aromatic heterocycles. The molecule has 4 nitrogen and oxygen atoms in total. The van der Waals surface area contributed by atoms with E-state index in [0.29, 0.717) is 12.5 Å². The predicted molar refractivity (Wildman–Crippen MR) is 71.5 cm³/mol. The quantitative estimate of drug-likeness (QED) is 0.655. The van der Waals surface area contributed by atoms with Gasteiger partial charge in [-0.15, -0.1) is 0 Å². The Labute approximate surface area is 111 Å². The SMILES string of the molecule is CCCC(C(=O)OCC)N1CCC(COC)CC1. The van der Waals surface area contributed by atoms with Gasteiger partial charge in [0.1, 0.15) is 6.04 Å². The third-order valence-electron chi connectivity index (χ3n) is 3.61. The lowest BCUT2D eigenvalue weighted by Crippen LogP contribution is -2.46. The van der Waals surface area contributed by atoms with Gasteiger partial charge >= 0.3 is 5.97 Å². The van der Waals surface area contributed by atoms with Gasteiger partial charge in [-0.2, -0.15) is 0 Å². The Bertz CT molecular complexity index is 237. The van der Waals surface area contributed by atoms with Crippen molar-refractivity contribution in [1.82, 2.24) is 4.90 Å². The van der Waals surface area contributed by atoms with Gasteiger partial charge in [-0.25, -0.2) is 0 Å². The van der Waals surface area contributed by atoms with Crippen LogP contribution < -0.4 is 0 Å². The summed E-state index contributed by atoms with van der Waals surface area (Å²) in [7, 11) is 1.75. The number of esters is 1. The molecule has 1 rings (SSSR count). The summed E-state index contributed by atoms with van der Waals surface area (Å²) in [4.78, 5) is 14.2. The number of hydrogen-bond acceptors (Lipinski definition) is 4. The number of hydrogen-bond donors (Lipinski definition) is 0. The molecule has 0 radical (unpaired) electrons. The zero-order chi connectivity index (χ0) is 13.4. The van der Waals surface area contributed by atoms with E-state index < -0.39 is 0 Å². The van der Waals surface area contributed by atoms with Gasteiger partial charge in [0.05, 0.1) is 6.61 Å². The zero-order valence-electron chi connectivity index (χ0n) is 12.0. The van der Waals surface area contributed by atoms with E-state index in [4.69, 9.17) is 9.47 Å². The Morgan fingerprint density at radius 1 is 1.33 bits per heavy atom. The third-order valence-corrected chi connectivity index (χ3v) is 3.61. The van der Waals surface area contributed by atoms with Crippen LogP contribution in [0.4, 0.5) is 0 Å². The van der Waals surface area contributed by atoms with E-state index in [0.717, 1.165) is 45.4 Å². The Morgan fingerprint density at radius 2 is 2.00 bits per heavy atom. The minimum absolute atomic E-state index is 0.0431. The molecule has 1 aliphatic rings. The number of carbonyl (C=O) groups excluding carboxylic acids is 1. The average molecular weight is 257 g/mol. The van der Waals surface area contributed by atoms with Gasteiger partial charge in [0.25, 0.3) is 0 Å². The van der Waals surface area contributed by atoms with E-state index in [1.807, 2.05) is 6.92 Å². The van der Waals surface area contributed by atoms with Crippen molar-refractivity contribution in [3.8, 4) is 0 Å². The summed E-state index contributed by atoms with van der Waals surface area (Å²) < 4.78 is 10.4. The summed E-state index contributed by atoms with van der Waals surface area (Å²) in [6.07, 6.45) is 4.15. The van der Waals surface area contributed by atoms with Gasteiger partial charge in [-0.05, 0) is 45.2 Å². The van der Waals surface area contributed by atoms with Crippen LogP contribution in [0.25, 0.3) is 0 Å². The number of ether oxygens (including phenoxy) is 2. The van der Waals surface area contributed by atoms with E-state index in [-0.39, 0.29) is 12.0 Å². The Hall–Kier alpha value is -0.610. The maximum absolute atomic E-state index is 12.0. The first-order valence-corrected chi connectivity index (χ1v) is 7.12. The van der Waals surface area contributed by atoms with Crippen LogP contribution in [0.1, 0.15) is 39.5 Å². The first-order chi connectivity index (χ1) is 8.72. The lowest BCUT2D eigenvalue weighted by Gasteiger charge is -2.36. The van der Waals surface area contributed by atoms with Gasteiger partial charge in [-0.1, -0.05) is 13.3 Å². The number of rotatable bonds is 7. The normalized spacial score (nSPS) is 19.7. The number of piperidine rings is 1. The first-order valence-electron chi connectivity index (χ1n) is 7.12. The molecule has 0 aliphatic carbocycles. The van der Waals surface area contributed by atoms with Crippen LogP contribution in [0.5, 0.6) is 0 Å². The molecule has 18 heavy (non-hydrogen) atoms. The van der Waals surface area contributed by atoms with Crippen LogP contribution in [-0.4, -0.2) is 50.3 Å². The van der Waals surface area contributed by atoms with E-state index >= 15 is 0 Å². The minimum atomic E-state index is -0.0514. The van der Waals surface area contributed by atoms with Gasteiger partial charge in [0.15, 0.2) is 0 Å². The minimum Gasteiger partial charge on any atom is -0.465 e. The van der Waals surface area contributed by atoms with Crippen LogP contribution in [0, 0.1) is 5.92 Å². The second-order valence-electron chi connectivity index (χ2n) is 4.99. The van der Waals surface area contributed by atoms with E-state index in [9.17, 15) is 4.79 Å². The predicted octanol–water partition coefficient (Wildman–Crippen LogP) is 2.08. The van der Waals surface area contributed by atoms with Gasteiger partial charge in [0.2, 0.25) is 0 Å². The molecule has 1 atom stereocenters. The molecular weight excluding hydrogens is 230 g/mol. The van der Waals surface area contributed by atoms with Gasteiger partial charge < -0.3 is 9.47 Å². The summed E-state index contributed by atoms with van der Waals surface area (Å²) >= 11 is 0. The van der Waals surface area contributed by atoms with Gasteiger partial charge in [-0.3, -0.25) is 9.69 Å². The summed E-state index contributed by atoms with van der Waals surface area (Å²) in [5.74, 6) is 0.597. The monoisotopic (exact) mass is 257 g/mol. The van der Waals surface area contributed by atoms with Crippen LogP contribution in [0.2, 0.25) is 0 Å². The molecule has 1 saturated heterocycles. The van der Waals surface area contributed by atoms with Crippen LogP contribution in [0.15, 0.2) is 0 Å². The first kappa shape index (κ1) is 15.4. The third kappa shape index (κ3) is 4.58. The number of methoxy groups -OCH3 is 1. The second kappa shape index (κ2) is 8.48. The maximum Gasteiger partial charge on any atom is 0.323 e. The Morgan fingerprint density at radius 3 is 2.50 bits per heavy atom. The zero-order valence-corrected chi connectivity index (χ0v) is 12.0. The fraction of sp³-hybridized carbons (Fsp3) is 0.929. The van der Waals surface area contributed by atoms with E-state index in [1.165, 1.54) is 0 Å².